The summed E-state index contributed by atoms with van der Waals surface area (Å²) in [5.74, 6) is -0.209. The van der Waals surface area contributed by atoms with Gasteiger partial charge in [-0.3, -0.25) is 14.5 Å². The Bertz CT molecular complexity index is 786. The average Bonchev–Trinajstić information content (AvgIpc) is 2.89. The van der Waals surface area contributed by atoms with Gasteiger partial charge in [-0.25, -0.2) is 9.78 Å². The third kappa shape index (κ3) is 3.24. The Labute approximate surface area is 138 Å². The lowest BCUT2D eigenvalue weighted by Crippen LogP contribution is -2.31. The molecule has 2 heterocycles. The highest BCUT2D eigenvalue weighted by atomic mass is 16.2. The molecule has 0 spiro atoms. The summed E-state index contributed by atoms with van der Waals surface area (Å²) in [6, 6.07) is 9.97. The number of anilines is 1. The Balaban J connectivity index is 1.80. The summed E-state index contributed by atoms with van der Waals surface area (Å²) in [5.41, 5.74) is 1.98. The first kappa shape index (κ1) is 15.7. The Morgan fingerprint density at radius 2 is 2.04 bits per heavy atom. The number of aryl methyl sites for hydroxylation is 1. The molecule has 2 aromatic rings. The van der Waals surface area contributed by atoms with Gasteiger partial charge >= 0.3 is 6.03 Å². The van der Waals surface area contributed by atoms with Crippen LogP contribution in [0.2, 0.25) is 0 Å². The monoisotopic (exact) mass is 324 g/mol. The predicted molar refractivity (Wildman–Crippen MR) is 87.3 cm³/mol. The maximum atomic E-state index is 12.5. The van der Waals surface area contributed by atoms with Crippen LogP contribution in [-0.4, -0.2) is 34.3 Å². The van der Waals surface area contributed by atoms with E-state index in [1.807, 2.05) is 13.0 Å². The van der Waals surface area contributed by atoms with Crippen LogP contribution >= 0.6 is 0 Å². The molecule has 1 aromatic heterocycles. The van der Waals surface area contributed by atoms with E-state index in [-0.39, 0.29) is 24.9 Å². The fourth-order valence-corrected chi connectivity index (χ4v) is 2.39. The molecule has 0 unspecified atom stereocenters. The van der Waals surface area contributed by atoms with E-state index in [1.54, 1.807) is 36.5 Å². The molecule has 0 aliphatic carbocycles. The number of benzene rings is 1. The third-order valence-electron chi connectivity index (χ3n) is 3.68. The second kappa shape index (κ2) is 6.49. The zero-order valence-corrected chi connectivity index (χ0v) is 13.1. The van der Waals surface area contributed by atoms with Crippen molar-refractivity contribution in [1.82, 2.24) is 15.2 Å². The minimum atomic E-state index is -0.449. The van der Waals surface area contributed by atoms with Crippen LogP contribution in [0.15, 0.2) is 42.6 Å². The van der Waals surface area contributed by atoms with Crippen molar-refractivity contribution in [3.63, 3.8) is 0 Å². The summed E-state index contributed by atoms with van der Waals surface area (Å²) in [4.78, 5) is 41.1. The summed E-state index contributed by atoms with van der Waals surface area (Å²) in [6.45, 7) is 1.95. The van der Waals surface area contributed by atoms with Crippen molar-refractivity contribution in [3.05, 3.63) is 59.3 Å². The fraction of sp³-hybridized carbons (Fsp3) is 0.176. The summed E-state index contributed by atoms with van der Waals surface area (Å²) in [6.07, 6.45) is 1.66. The van der Waals surface area contributed by atoms with Crippen molar-refractivity contribution in [3.8, 4) is 0 Å². The van der Waals surface area contributed by atoms with E-state index >= 15 is 0 Å². The van der Waals surface area contributed by atoms with E-state index < -0.39 is 6.03 Å². The van der Waals surface area contributed by atoms with Crippen LogP contribution in [-0.2, 0) is 11.3 Å². The van der Waals surface area contributed by atoms with Crippen LogP contribution in [0.25, 0.3) is 0 Å². The van der Waals surface area contributed by atoms with Gasteiger partial charge < -0.3 is 10.6 Å². The molecule has 0 saturated carbocycles. The van der Waals surface area contributed by atoms with E-state index in [9.17, 15) is 14.4 Å². The Morgan fingerprint density at radius 1 is 1.25 bits per heavy atom. The lowest BCUT2D eigenvalue weighted by Gasteiger charge is -2.15. The van der Waals surface area contributed by atoms with Gasteiger partial charge in [-0.1, -0.05) is 24.3 Å². The second-order valence-electron chi connectivity index (χ2n) is 5.47. The van der Waals surface area contributed by atoms with Crippen LogP contribution in [0.1, 0.15) is 21.5 Å². The lowest BCUT2D eigenvalue weighted by molar-refractivity contribution is -0.125. The van der Waals surface area contributed by atoms with Gasteiger partial charge in [0.05, 0.1) is 13.1 Å². The van der Waals surface area contributed by atoms with Crippen LogP contribution < -0.4 is 10.6 Å². The van der Waals surface area contributed by atoms with E-state index in [0.29, 0.717) is 16.9 Å². The lowest BCUT2D eigenvalue weighted by atomic mass is 10.1. The molecule has 1 saturated heterocycles. The van der Waals surface area contributed by atoms with Gasteiger partial charge in [0.25, 0.3) is 5.91 Å². The molecule has 1 aliphatic heterocycles. The molecule has 0 bridgehead atoms. The van der Waals surface area contributed by atoms with Gasteiger partial charge in [0.1, 0.15) is 5.82 Å². The maximum Gasteiger partial charge on any atom is 0.324 e. The van der Waals surface area contributed by atoms with Gasteiger partial charge in [-0.05, 0) is 30.2 Å². The Morgan fingerprint density at radius 3 is 2.71 bits per heavy atom. The van der Waals surface area contributed by atoms with Gasteiger partial charge in [-0.2, -0.15) is 0 Å². The number of carbonyl (C=O) groups is 3. The van der Waals surface area contributed by atoms with Crippen LogP contribution in [0.5, 0.6) is 0 Å². The van der Waals surface area contributed by atoms with Crippen LogP contribution in [0.4, 0.5) is 10.6 Å². The first-order valence-electron chi connectivity index (χ1n) is 7.44. The van der Waals surface area contributed by atoms with Crippen molar-refractivity contribution < 1.29 is 14.4 Å². The highest BCUT2D eigenvalue weighted by Crippen LogP contribution is 2.16. The SMILES string of the molecule is Cc1ccc(NC(=O)c2ccccc2CN2C(=O)CNC2=O)nc1. The van der Waals surface area contributed by atoms with E-state index in [1.165, 1.54) is 0 Å². The van der Waals surface area contributed by atoms with Gasteiger partial charge in [0, 0.05) is 11.8 Å². The number of pyridine rings is 1. The van der Waals surface area contributed by atoms with Crippen molar-refractivity contribution in [2.45, 2.75) is 13.5 Å². The zero-order chi connectivity index (χ0) is 17.1. The predicted octanol–water partition coefficient (Wildman–Crippen LogP) is 1.69. The minimum Gasteiger partial charge on any atom is -0.329 e. The smallest absolute Gasteiger partial charge is 0.324 e. The van der Waals surface area contributed by atoms with Crippen molar-refractivity contribution in [1.29, 1.82) is 0 Å². The topological polar surface area (TPSA) is 91.4 Å². The summed E-state index contributed by atoms with van der Waals surface area (Å²) in [5, 5.41) is 5.18. The third-order valence-corrected chi connectivity index (χ3v) is 3.68. The first-order chi connectivity index (χ1) is 11.5. The van der Waals surface area contributed by atoms with Gasteiger partial charge in [-0.15, -0.1) is 0 Å². The number of carbonyl (C=O) groups excluding carboxylic acids is 3. The molecule has 1 aromatic carbocycles. The molecule has 0 atom stereocenters. The van der Waals surface area contributed by atoms with Crippen LogP contribution in [0.3, 0.4) is 0 Å². The minimum absolute atomic E-state index is 0.0134. The van der Waals surface area contributed by atoms with Gasteiger partial charge in [0.15, 0.2) is 0 Å². The molecule has 24 heavy (non-hydrogen) atoms. The number of hydrogen-bond donors (Lipinski definition) is 2. The zero-order valence-electron chi connectivity index (χ0n) is 13.1. The summed E-state index contributed by atoms with van der Waals surface area (Å²) >= 11 is 0. The van der Waals surface area contributed by atoms with E-state index in [0.717, 1.165) is 10.5 Å². The number of rotatable bonds is 4. The highest BCUT2D eigenvalue weighted by Gasteiger charge is 2.29. The fourth-order valence-electron chi connectivity index (χ4n) is 2.39. The van der Waals surface area contributed by atoms with Crippen LogP contribution in [0, 0.1) is 6.92 Å². The highest BCUT2D eigenvalue weighted by molar-refractivity contribution is 6.05. The molecule has 3 rings (SSSR count). The molecule has 7 heteroatoms. The number of hydrogen-bond acceptors (Lipinski definition) is 4. The van der Waals surface area contributed by atoms with Gasteiger partial charge in [0.2, 0.25) is 5.91 Å². The Kier molecular flexibility index (Phi) is 4.24. The molecule has 1 aliphatic rings. The number of nitrogens with zero attached hydrogens (tertiary/aromatic N) is 2. The largest absolute Gasteiger partial charge is 0.329 e. The molecule has 2 N–H and O–H groups in total. The normalized spacial score (nSPS) is 13.8. The number of aromatic nitrogens is 1. The summed E-state index contributed by atoms with van der Waals surface area (Å²) < 4.78 is 0. The second-order valence-corrected chi connectivity index (χ2v) is 5.47. The number of urea groups is 1. The van der Waals surface area contributed by atoms with E-state index in [4.69, 9.17) is 0 Å². The number of imide groups is 1. The van der Waals surface area contributed by atoms with Crippen molar-refractivity contribution in [2.24, 2.45) is 0 Å². The molecule has 1 fully saturated rings. The number of amides is 4. The number of nitrogens with one attached hydrogen (secondary N) is 2. The quantitative estimate of drug-likeness (QED) is 0.837. The van der Waals surface area contributed by atoms with Crippen molar-refractivity contribution >= 4 is 23.7 Å². The maximum absolute atomic E-state index is 12.5. The van der Waals surface area contributed by atoms with E-state index in [2.05, 4.69) is 15.6 Å². The summed E-state index contributed by atoms with van der Waals surface area (Å²) in [7, 11) is 0. The average molecular weight is 324 g/mol. The molecule has 4 amide bonds. The Hall–Kier alpha value is -3.22. The standard InChI is InChI=1S/C17H16N4O3/c1-11-6-7-14(18-8-11)20-16(23)13-5-3-2-4-12(13)10-21-15(22)9-19-17(21)24/h2-8H,9-10H2,1H3,(H,19,24)(H,18,20,23). The molecule has 122 valence electrons. The van der Waals surface area contributed by atoms with Crippen molar-refractivity contribution in [2.75, 3.05) is 11.9 Å². The molecular formula is C17H16N4O3. The molecular weight excluding hydrogens is 308 g/mol. The molecule has 7 nitrogen and oxygen atoms in total. The molecule has 0 radical (unpaired) electrons. The first-order valence-corrected chi connectivity index (χ1v) is 7.44.